The van der Waals surface area contributed by atoms with Gasteiger partial charge in [0.15, 0.2) is 0 Å². The molecule has 1 saturated heterocycles. The van der Waals surface area contributed by atoms with Crippen LogP contribution in [0.3, 0.4) is 0 Å². The van der Waals surface area contributed by atoms with E-state index < -0.39 is 0 Å². The number of piperidine rings is 1. The van der Waals surface area contributed by atoms with Crippen molar-refractivity contribution in [2.75, 3.05) is 26.7 Å². The number of carbonyl (C=O) groups excluding carboxylic acids is 1. The zero-order valence-electron chi connectivity index (χ0n) is 9.83. The molecular formula is C11H23N3O. The lowest BCUT2D eigenvalue weighted by molar-refractivity contribution is -0.120. The summed E-state index contributed by atoms with van der Waals surface area (Å²) >= 11 is 0. The molecule has 1 heterocycles. The number of nitrogens with one attached hydrogen (secondary N) is 1. The lowest BCUT2D eigenvalue weighted by Crippen LogP contribution is -2.49. The number of hydrogen-bond donors (Lipinski definition) is 2. The molecule has 1 aliphatic heterocycles. The minimum absolute atomic E-state index is 0.205. The molecule has 15 heavy (non-hydrogen) atoms. The van der Waals surface area contributed by atoms with Crippen molar-refractivity contribution in [1.29, 1.82) is 0 Å². The van der Waals surface area contributed by atoms with E-state index in [9.17, 15) is 4.79 Å². The summed E-state index contributed by atoms with van der Waals surface area (Å²) in [4.78, 5) is 13.4. The SMILES string of the molecule is CCC1CCN(CC(NC)C(N)=O)CC1. The second-order valence-corrected chi connectivity index (χ2v) is 4.40. The fourth-order valence-electron chi connectivity index (χ4n) is 2.16. The molecule has 0 aromatic heterocycles. The summed E-state index contributed by atoms with van der Waals surface area (Å²) in [5.41, 5.74) is 5.29. The molecule has 4 nitrogen and oxygen atoms in total. The van der Waals surface area contributed by atoms with Crippen LogP contribution in [-0.2, 0) is 4.79 Å². The third-order valence-corrected chi connectivity index (χ3v) is 3.42. The van der Waals surface area contributed by atoms with E-state index in [-0.39, 0.29) is 11.9 Å². The Morgan fingerprint density at radius 2 is 2.13 bits per heavy atom. The average molecular weight is 213 g/mol. The van der Waals surface area contributed by atoms with Gasteiger partial charge in [-0.15, -0.1) is 0 Å². The second-order valence-electron chi connectivity index (χ2n) is 4.40. The summed E-state index contributed by atoms with van der Waals surface area (Å²) in [6.45, 7) is 5.20. The van der Waals surface area contributed by atoms with Crippen molar-refractivity contribution in [3.8, 4) is 0 Å². The van der Waals surface area contributed by atoms with Gasteiger partial charge in [-0.05, 0) is 38.9 Å². The molecule has 4 heteroatoms. The average Bonchev–Trinajstić information content (AvgIpc) is 2.26. The summed E-state index contributed by atoms with van der Waals surface area (Å²) in [5, 5.41) is 2.96. The molecule has 0 spiro atoms. The number of nitrogens with two attached hydrogens (primary N) is 1. The zero-order valence-corrected chi connectivity index (χ0v) is 9.83. The fraction of sp³-hybridized carbons (Fsp3) is 0.909. The minimum Gasteiger partial charge on any atom is -0.368 e. The smallest absolute Gasteiger partial charge is 0.235 e. The summed E-state index contributed by atoms with van der Waals surface area (Å²) < 4.78 is 0. The maximum Gasteiger partial charge on any atom is 0.235 e. The van der Waals surface area contributed by atoms with Crippen LogP contribution in [0.25, 0.3) is 0 Å². The van der Waals surface area contributed by atoms with Gasteiger partial charge in [0.2, 0.25) is 5.91 Å². The van der Waals surface area contributed by atoms with Crippen LogP contribution in [0.15, 0.2) is 0 Å². The van der Waals surface area contributed by atoms with E-state index in [2.05, 4.69) is 17.1 Å². The van der Waals surface area contributed by atoms with E-state index in [1.54, 1.807) is 7.05 Å². The molecule has 3 N–H and O–H groups in total. The van der Waals surface area contributed by atoms with Crippen LogP contribution in [0.1, 0.15) is 26.2 Å². The molecule has 0 radical (unpaired) electrons. The second kappa shape index (κ2) is 6.08. The molecule has 88 valence electrons. The van der Waals surface area contributed by atoms with Gasteiger partial charge in [-0.2, -0.15) is 0 Å². The standard InChI is InChI=1S/C11H23N3O/c1-3-9-4-6-14(7-5-9)8-10(13-2)11(12)15/h9-10,13H,3-8H2,1-2H3,(H2,12,15). The van der Waals surface area contributed by atoms with E-state index in [0.717, 1.165) is 25.6 Å². The summed E-state index contributed by atoms with van der Waals surface area (Å²) in [6.07, 6.45) is 3.79. The molecule has 1 unspecified atom stereocenters. The first kappa shape index (κ1) is 12.5. The third kappa shape index (κ3) is 3.80. The van der Waals surface area contributed by atoms with Gasteiger partial charge < -0.3 is 16.0 Å². The molecule has 1 atom stereocenters. The number of amides is 1. The van der Waals surface area contributed by atoms with Crippen LogP contribution in [-0.4, -0.2) is 43.5 Å². The van der Waals surface area contributed by atoms with Gasteiger partial charge in [0, 0.05) is 6.54 Å². The fourth-order valence-corrected chi connectivity index (χ4v) is 2.16. The van der Waals surface area contributed by atoms with Gasteiger partial charge >= 0.3 is 0 Å². The van der Waals surface area contributed by atoms with Gasteiger partial charge in [-0.3, -0.25) is 4.79 Å². The first-order valence-corrected chi connectivity index (χ1v) is 5.86. The predicted molar refractivity (Wildman–Crippen MR) is 61.5 cm³/mol. The number of primary amides is 1. The normalized spacial score (nSPS) is 21.5. The molecule has 1 amide bonds. The monoisotopic (exact) mass is 213 g/mol. The van der Waals surface area contributed by atoms with Crippen molar-refractivity contribution in [2.45, 2.75) is 32.2 Å². The first-order valence-electron chi connectivity index (χ1n) is 5.86. The van der Waals surface area contributed by atoms with Crippen LogP contribution in [0.5, 0.6) is 0 Å². The van der Waals surface area contributed by atoms with Crippen LogP contribution in [0, 0.1) is 5.92 Å². The van der Waals surface area contributed by atoms with Crippen molar-refractivity contribution >= 4 is 5.91 Å². The lowest BCUT2D eigenvalue weighted by atomic mass is 9.94. The van der Waals surface area contributed by atoms with Crippen molar-refractivity contribution in [2.24, 2.45) is 11.7 Å². The van der Waals surface area contributed by atoms with E-state index in [1.807, 2.05) is 0 Å². The van der Waals surface area contributed by atoms with Crippen molar-refractivity contribution in [3.05, 3.63) is 0 Å². The van der Waals surface area contributed by atoms with Gasteiger partial charge in [-0.25, -0.2) is 0 Å². The Morgan fingerprint density at radius 1 is 1.53 bits per heavy atom. The van der Waals surface area contributed by atoms with E-state index in [4.69, 9.17) is 5.73 Å². The van der Waals surface area contributed by atoms with Crippen LogP contribution < -0.4 is 11.1 Å². The van der Waals surface area contributed by atoms with Crippen molar-refractivity contribution in [3.63, 3.8) is 0 Å². The van der Waals surface area contributed by atoms with Crippen LogP contribution in [0.2, 0.25) is 0 Å². The Hall–Kier alpha value is -0.610. The highest BCUT2D eigenvalue weighted by molar-refractivity contribution is 5.80. The number of nitrogens with zero attached hydrogens (tertiary/aromatic N) is 1. The molecule has 1 fully saturated rings. The molecular weight excluding hydrogens is 190 g/mol. The molecule has 0 aliphatic carbocycles. The van der Waals surface area contributed by atoms with Gasteiger partial charge in [0.05, 0.1) is 6.04 Å². The molecule has 0 bridgehead atoms. The molecule has 0 aromatic rings. The summed E-state index contributed by atoms with van der Waals surface area (Å²) in [7, 11) is 1.79. The quantitative estimate of drug-likeness (QED) is 0.685. The van der Waals surface area contributed by atoms with E-state index in [1.165, 1.54) is 19.3 Å². The minimum atomic E-state index is -0.255. The highest BCUT2D eigenvalue weighted by Crippen LogP contribution is 2.19. The summed E-state index contributed by atoms with van der Waals surface area (Å²) in [6, 6.07) is -0.205. The zero-order chi connectivity index (χ0) is 11.3. The van der Waals surface area contributed by atoms with Gasteiger partial charge in [0.25, 0.3) is 0 Å². The maximum atomic E-state index is 11.1. The Morgan fingerprint density at radius 3 is 2.53 bits per heavy atom. The van der Waals surface area contributed by atoms with Crippen molar-refractivity contribution in [1.82, 2.24) is 10.2 Å². The highest BCUT2D eigenvalue weighted by atomic mass is 16.1. The predicted octanol–water partition coefficient (Wildman–Crippen LogP) is 0.182. The van der Waals surface area contributed by atoms with Crippen LogP contribution in [0.4, 0.5) is 0 Å². The van der Waals surface area contributed by atoms with Crippen LogP contribution >= 0.6 is 0 Å². The lowest BCUT2D eigenvalue weighted by Gasteiger charge is -2.33. The molecule has 1 rings (SSSR count). The summed E-state index contributed by atoms with van der Waals surface area (Å²) in [5.74, 6) is 0.623. The largest absolute Gasteiger partial charge is 0.368 e. The maximum absolute atomic E-state index is 11.1. The Balaban J connectivity index is 2.31. The number of likely N-dealkylation sites (N-methyl/N-ethyl adjacent to an activating group) is 1. The first-order chi connectivity index (χ1) is 7.17. The number of hydrogen-bond acceptors (Lipinski definition) is 3. The topological polar surface area (TPSA) is 58.4 Å². The van der Waals surface area contributed by atoms with Gasteiger partial charge in [-0.1, -0.05) is 13.3 Å². The Bertz CT molecular complexity index is 200. The number of rotatable bonds is 5. The Labute approximate surface area is 92.2 Å². The van der Waals surface area contributed by atoms with E-state index in [0.29, 0.717) is 0 Å². The van der Waals surface area contributed by atoms with Crippen molar-refractivity contribution < 1.29 is 4.79 Å². The number of likely N-dealkylation sites (tertiary alicyclic amines) is 1. The number of carbonyl (C=O) groups is 1. The van der Waals surface area contributed by atoms with Gasteiger partial charge in [0.1, 0.15) is 0 Å². The third-order valence-electron chi connectivity index (χ3n) is 3.42. The molecule has 0 saturated carbocycles. The molecule has 1 aliphatic rings. The van der Waals surface area contributed by atoms with E-state index >= 15 is 0 Å². The highest BCUT2D eigenvalue weighted by Gasteiger charge is 2.22. The molecule has 0 aromatic carbocycles. The Kier molecular flexibility index (Phi) is 5.05.